The monoisotopic (exact) mass is 332 g/mol. The van der Waals surface area contributed by atoms with Gasteiger partial charge in [-0.15, -0.1) is 0 Å². The zero-order valence-corrected chi connectivity index (χ0v) is 14.4. The van der Waals surface area contributed by atoms with E-state index in [-0.39, 0.29) is 0 Å². The van der Waals surface area contributed by atoms with E-state index in [0.29, 0.717) is 6.61 Å². The molecule has 0 radical (unpaired) electrons. The van der Waals surface area contributed by atoms with Gasteiger partial charge in [0.05, 0.1) is 24.0 Å². The normalized spacial score (nSPS) is 11.3. The Bertz CT molecular complexity index is 1040. The molecule has 0 amide bonds. The standard InChI is InChI=1S/C20H20N4O/c1-24-19-12-17(16-8-7-14-5-3-4-6-15(14)11-16)22-13-18(19)23-20(24)21-9-10-25-2/h3-8,11-13H,9-10H2,1-2H3,(H,21,23). The Morgan fingerprint density at radius 3 is 2.76 bits per heavy atom. The van der Waals surface area contributed by atoms with Crippen LogP contribution in [0.3, 0.4) is 0 Å². The van der Waals surface area contributed by atoms with Crippen LogP contribution in [-0.2, 0) is 11.8 Å². The van der Waals surface area contributed by atoms with Crippen molar-refractivity contribution >= 4 is 27.8 Å². The summed E-state index contributed by atoms with van der Waals surface area (Å²) in [4.78, 5) is 9.21. The van der Waals surface area contributed by atoms with Crippen molar-refractivity contribution in [2.24, 2.45) is 7.05 Å². The van der Waals surface area contributed by atoms with E-state index < -0.39 is 0 Å². The molecule has 0 saturated carbocycles. The molecular formula is C20H20N4O. The van der Waals surface area contributed by atoms with Crippen molar-refractivity contribution in [1.29, 1.82) is 0 Å². The molecule has 2 aromatic heterocycles. The van der Waals surface area contributed by atoms with Crippen molar-refractivity contribution in [3.63, 3.8) is 0 Å². The summed E-state index contributed by atoms with van der Waals surface area (Å²) in [5.74, 6) is 0.824. The molecule has 0 unspecified atom stereocenters. The summed E-state index contributed by atoms with van der Waals surface area (Å²) >= 11 is 0. The highest BCUT2D eigenvalue weighted by atomic mass is 16.5. The van der Waals surface area contributed by atoms with Gasteiger partial charge in [0.2, 0.25) is 5.95 Å². The summed E-state index contributed by atoms with van der Waals surface area (Å²) in [6.07, 6.45) is 1.83. The number of pyridine rings is 1. The van der Waals surface area contributed by atoms with Gasteiger partial charge in [0.1, 0.15) is 5.52 Å². The van der Waals surface area contributed by atoms with E-state index in [9.17, 15) is 0 Å². The summed E-state index contributed by atoms with van der Waals surface area (Å²) in [5.41, 5.74) is 3.99. The SMILES string of the molecule is COCCNc1nc2cnc(-c3ccc4ccccc4c3)cc2n1C. The summed E-state index contributed by atoms with van der Waals surface area (Å²) in [6, 6.07) is 16.9. The lowest BCUT2D eigenvalue weighted by Gasteiger charge is -2.06. The fourth-order valence-electron chi connectivity index (χ4n) is 3.03. The number of aryl methyl sites for hydroxylation is 1. The van der Waals surface area contributed by atoms with Crippen LogP contribution in [0.1, 0.15) is 0 Å². The molecular weight excluding hydrogens is 312 g/mol. The van der Waals surface area contributed by atoms with Gasteiger partial charge in [-0.2, -0.15) is 0 Å². The van der Waals surface area contributed by atoms with Gasteiger partial charge in [0.15, 0.2) is 0 Å². The fraction of sp³-hybridized carbons (Fsp3) is 0.200. The number of imidazole rings is 1. The van der Waals surface area contributed by atoms with Crippen molar-refractivity contribution in [3.8, 4) is 11.3 Å². The van der Waals surface area contributed by atoms with Crippen molar-refractivity contribution in [2.45, 2.75) is 0 Å². The number of hydrogen-bond acceptors (Lipinski definition) is 4. The third-order valence-corrected chi connectivity index (χ3v) is 4.40. The number of hydrogen-bond donors (Lipinski definition) is 1. The van der Waals surface area contributed by atoms with Crippen LogP contribution in [0.15, 0.2) is 54.7 Å². The molecule has 5 nitrogen and oxygen atoms in total. The second-order valence-electron chi connectivity index (χ2n) is 6.03. The molecule has 126 valence electrons. The number of anilines is 1. The minimum Gasteiger partial charge on any atom is -0.383 e. The van der Waals surface area contributed by atoms with Crippen molar-refractivity contribution in [2.75, 3.05) is 25.6 Å². The molecule has 0 saturated heterocycles. The van der Waals surface area contributed by atoms with Gasteiger partial charge in [-0.3, -0.25) is 4.98 Å². The van der Waals surface area contributed by atoms with E-state index in [1.54, 1.807) is 7.11 Å². The molecule has 1 N–H and O–H groups in total. The van der Waals surface area contributed by atoms with E-state index in [4.69, 9.17) is 4.74 Å². The average molecular weight is 332 g/mol. The van der Waals surface area contributed by atoms with Crippen molar-refractivity contribution in [1.82, 2.24) is 14.5 Å². The van der Waals surface area contributed by atoms with Gasteiger partial charge >= 0.3 is 0 Å². The highest BCUT2D eigenvalue weighted by molar-refractivity contribution is 5.88. The molecule has 0 aliphatic carbocycles. The maximum atomic E-state index is 5.08. The first-order chi connectivity index (χ1) is 12.3. The first kappa shape index (κ1) is 15.6. The maximum Gasteiger partial charge on any atom is 0.203 e. The van der Waals surface area contributed by atoms with Gasteiger partial charge in [-0.1, -0.05) is 36.4 Å². The van der Waals surface area contributed by atoms with Crippen LogP contribution in [0.2, 0.25) is 0 Å². The number of fused-ring (bicyclic) bond motifs is 2. The van der Waals surface area contributed by atoms with Gasteiger partial charge in [-0.25, -0.2) is 4.98 Å². The lowest BCUT2D eigenvalue weighted by molar-refractivity contribution is 0.210. The van der Waals surface area contributed by atoms with E-state index in [1.807, 2.05) is 13.2 Å². The molecule has 0 fully saturated rings. The fourth-order valence-corrected chi connectivity index (χ4v) is 3.03. The smallest absolute Gasteiger partial charge is 0.203 e. The molecule has 0 spiro atoms. The van der Waals surface area contributed by atoms with Crippen molar-refractivity contribution in [3.05, 3.63) is 54.7 Å². The number of nitrogens with one attached hydrogen (secondary N) is 1. The van der Waals surface area contributed by atoms with Crippen LogP contribution in [0, 0.1) is 0 Å². The number of nitrogens with zero attached hydrogens (tertiary/aromatic N) is 3. The second-order valence-corrected chi connectivity index (χ2v) is 6.03. The molecule has 25 heavy (non-hydrogen) atoms. The topological polar surface area (TPSA) is 52.0 Å². The Morgan fingerprint density at radius 1 is 1.08 bits per heavy atom. The van der Waals surface area contributed by atoms with Crippen LogP contribution in [-0.4, -0.2) is 34.8 Å². The van der Waals surface area contributed by atoms with E-state index in [1.165, 1.54) is 10.8 Å². The maximum absolute atomic E-state index is 5.08. The lowest BCUT2D eigenvalue weighted by Crippen LogP contribution is -2.10. The third-order valence-electron chi connectivity index (χ3n) is 4.40. The number of ether oxygens (including phenoxy) is 1. The highest BCUT2D eigenvalue weighted by Crippen LogP contribution is 2.26. The van der Waals surface area contributed by atoms with Gasteiger partial charge < -0.3 is 14.6 Å². The Hall–Kier alpha value is -2.92. The Kier molecular flexibility index (Phi) is 4.07. The van der Waals surface area contributed by atoms with Gasteiger partial charge in [0.25, 0.3) is 0 Å². The van der Waals surface area contributed by atoms with Crippen LogP contribution in [0.5, 0.6) is 0 Å². The number of methoxy groups -OCH3 is 1. The second kappa shape index (κ2) is 6.53. The minimum atomic E-state index is 0.643. The zero-order chi connectivity index (χ0) is 17.2. The molecule has 2 aromatic carbocycles. The summed E-state index contributed by atoms with van der Waals surface area (Å²) in [6.45, 7) is 1.36. The molecule has 0 aliphatic heterocycles. The van der Waals surface area contributed by atoms with Crippen LogP contribution >= 0.6 is 0 Å². The predicted molar refractivity (Wildman–Crippen MR) is 102 cm³/mol. The largest absolute Gasteiger partial charge is 0.383 e. The number of aromatic nitrogens is 3. The average Bonchev–Trinajstić information content (AvgIpc) is 2.97. The van der Waals surface area contributed by atoms with E-state index >= 15 is 0 Å². The molecule has 0 atom stereocenters. The van der Waals surface area contributed by atoms with Gasteiger partial charge in [0, 0.05) is 26.3 Å². The van der Waals surface area contributed by atoms with Crippen LogP contribution in [0.25, 0.3) is 33.1 Å². The van der Waals surface area contributed by atoms with E-state index in [0.717, 1.165) is 34.8 Å². The molecule has 5 heteroatoms. The number of rotatable bonds is 5. The lowest BCUT2D eigenvalue weighted by atomic mass is 10.0. The Labute approximate surface area is 146 Å². The molecule has 4 rings (SSSR count). The number of benzene rings is 2. The Balaban J connectivity index is 1.73. The highest BCUT2D eigenvalue weighted by Gasteiger charge is 2.10. The third kappa shape index (κ3) is 2.94. The zero-order valence-electron chi connectivity index (χ0n) is 14.4. The van der Waals surface area contributed by atoms with E-state index in [2.05, 4.69) is 68.4 Å². The molecule has 4 aromatic rings. The summed E-state index contributed by atoms with van der Waals surface area (Å²) in [5, 5.41) is 5.74. The predicted octanol–water partition coefficient (Wildman–Crippen LogP) is 3.85. The van der Waals surface area contributed by atoms with Crippen LogP contribution in [0.4, 0.5) is 5.95 Å². The quantitative estimate of drug-likeness (QED) is 0.564. The first-order valence-electron chi connectivity index (χ1n) is 8.31. The first-order valence-corrected chi connectivity index (χ1v) is 8.31. The summed E-state index contributed by atoms with van der Waals surface area (Å²) in [7, 11) is 3.70. The minimum absolute atomic E-state index is 0.643. The van der Waals surface area contributed by atoms with Gasteiger partial charge in [-0.05, 0) is 22.9 Å². The van der Waals surface area contributed by atoms with Crippen molar-refractivity contribution < 1.29 is 4.74 Å². The molecule has 0 aliphatic rings. The summed E-state index contributed by atoms with van der Waals surface area (Å²) < 4.78 is 7.13. The Morgan fingerprint density at radius 2 is 1.92 bits per heavy atom. The molecule has 2 heterocycles. The molecule has 0 bridgehead atoms. The van der Waals surface area contributed by atoms with Crippen LogP contribution < -0.4 is 5.32 Å².